The summed E-state index contributed by atoms with van der Waals surface area (Å²) in [6, 6.07) is 10.2. The topological polar surface area (TPSA) is 9.23 Å². The second-order valence-electron chi connectivity index (χ2n) is 4.19. The molecule has 0 heterocycles. The number of hydrogen-bond acceptors (Lipinski definition) is 1. The van der Waals surface area contributed by atoms with Gasteiger partial charge in [0.25, 0.3) is 0 Å². The number of hydrogen-bond donors (Lipinski definition) is 0. The molecule has 1 aromatic rings. The van der Waals surface area contributed by atoms with Gasteiger partial charge in [-0.1, -0.05) is 87.9 Å². The zero-order valence-electron chi connectivity index (χ0n) is 10.0. The molecule has 0 spiro atoms. The first-order chi connectivity index (χ1) is 7.77. The van der Waals surface area contributed by atoms with Crippen LogP contribution in [0.2, 0.25) is 13.1 Å². The van der Waals surface area contributed by atoms with Crippen LogP contribution < -0.4 is 5.19 Å². The minimum Gasteiger partial charge on any atom is -0.516 e. The van der Waals surface area contributed by atoms with Crippen LogP contribution in [-0.4, -0.2) is 14.3 Å². The maximum Gasteiger partial charge on any atom is 0.555 e. The van der Waals surface area contributed by atoms with Crippen LogP contribution in [-0.2, 0) is 4.43 Å². The largest absolute Gasteiger partial charge is 0.555 e. The van der Waals surface area contributed by atoms with Gasteiger partial charge in [-0.05, 0) is 6.92 Å². The van der Waals surface area contributed by atoms with Crippen molar-refractivity contribution in [2.75, 3.05) is 0 Å². The Morgan fingerprint density at radius 2 is 1.65 bits per heavy atom. The molecule has 0 radical (unpaired) electrons. The van der Waals surface area contributed by atoms with E-state index in [1.807, 2.05) is 31.2 Å². The Balaban J connectivity index is 3.04. The molecule has 0 saturated heterocycles. The van der Waals surface area contributed by atoms with E-state index in [4.69, 9.17) is 37.7 Å². The Bertz CT molecular complexity index is 399. The van der Waals surface area contributed by atoms with Crippen LogP contribution in [0.25, 0.3) is 0 Å². The van der Waals surface area contributed by atoms with E-state index in [0.717, 1.165) is 5.38 Å². The molecular formula is C11H15Cl3OSi2. The molecule has 1 nitrogen and oxygen atoms in total. The second-order valence-corrected chi connectivity index (χ2v) is 16.1. The van der Waals surface area contributed by atoms with Crippen molar-refractivity contribution in [2.24, 2.45) is 0 Å². The van der Waals surface area contributed by atoms with Gasteiger partial charge < -0.3 is 4.43 Å². The number of halogens is 3. The summed E-state index contributed by atoms with van der Waals surface area (Å²) in [5, 5.41) is 2.09. The van der Waals surface area contributed by atoms with Crippen molar-refractivity contribution in [3.8, 4) is 0 Å². The Morgan fingerprint density at radius 1 is 1.12 bits per heavy atom. The van der Waals surface area contributed by atoms with Crippen LogP contribution in [0.1, 0.15) is 6.92 Å². The lowest BCUT2D eigenvalue weighted by Crippen LogP contribution is -2.46. The molecule has 0 atom stereocenters. The highest BCUT2D eigenvalue weighted by Gasteiger charge is 2.38. The average molecular weight is 326 g/mol. The SMILES string of the molecule is C/C=C(/O[Si](Cl)(Cl)Cl)[Si](C)(C)c1ccccc1. The highest BCUT2D eigenvalue weighted by molar-refractivity contribution is 7.62. The Kier molecular flexibility index (Phi) is 5.16. The smallest absolute Gasteiger partial charge is 0.516 e. The summed E-state index contributed by atoms with van der Waals surface area (Å²) in [5.41, 5.74) is 0. The predicted molar refractivity (Wildman–Crippen MR) is 81.7 cm³/mol. The van der Waals surface area contributed by atoms with Gasteiger partial charge in [0, 0.05) is 0 Å². The zero-order valence-corrected chi connectivity index (χ0v) is 14.3. The summed E-state index contributed by atoms with van der Waals surface area (Å²) in [5.74, 6) is 0. The van der Waals surface area contributed by atoms with E-state index in [1.54, 1.807) is 0 Å². The van der Waals surface area contributed by atoms with Crippen molar-refractivity contribution in [1.82, 2.24) is 0 Å². The Hall–Kier alpha value is 0.0638. The number of benzene rings is 1. The fourth-order valence-corrected chi connectivity index (χ4v) is 6.88. The van der Waals surface area contributed by atoms with Crippen molar-refractivity contribution < 1.29 is 4.43 Å². The average Bonchev–Trinajstić information content (AvgIpc) is 2.25. The molecule has 0 saturated carbocycles. The summed E-state index contributed by atoms with van der Waals surface area (Å²) < 4.78 is 5.56. The fourth-order valence-electron chi connectivity index (χ4n) is 1.67. The summed E-state index contributed by atoms with van der Waals surface area (Å²) >= 11 is 17.5. The molecule has 1 rings (SSSR count). The Labute approximate surface area is 119 Å². The first kappa shape index (κ1) is 15.1. The molecule has 6 heteroatoms. The van der Waals surface area contributed by atoms with Gasteiger partial charge in [0.1, 0.15) is 0 Å². The standard InChI is InChI=1S/C11H15Cl3OSi2/c1-4-11(15-17(12,13)14)16(2,3)10-8-6-5-7-9-10/h4-9H,1-3H3/b11-4-. The lowest BCUT2D eigenvalue weighted by molar-refractivity contribution is 0.486. The van der Waals surface area contributed by atoms with E-state index >= 15 is 0 Å². The zero-order chi connectivity index (χ0) is 13.1. The maximum absolute atomic E-state index is 5.83. The Morgan fingerprint density at radius 3 is 2.06 bits per heavy atom. The number of allylic oxidation sites excluding steroid dienone is 1. The highest BCUT2D eigenvalue weighted by atomic mass is 35.8. The lowest BCUT2D eigenvalue weighted by Gasteiger charge is -2.28. The molecule has 0 N–H and O–H groups in total. The van der Waals surface area contributed by atoms with Gasteiger partial charge in [0.2, 0.25) is 0 Å². The van der Waals surface area contributed by atoms with Gasteiger partial charge in [-0.2, -0.15) is 0 Å². The normalized spacial score (nSPS) is 13.6. The van der Waals surface area contributed by atoms with Crippen LogP contribution in [0.3, 0.4) is 0 Å². The molecule has 0 amide bonds. The summed E-state index contributed by atoms with van der Waals surface area (Å²) in [6.07, 6.45) is -1.19. The quantitative estimate of drug-likeness (QED) is 0.458. The van der Waals surface area contributed by atoms with Gasteiger partial charge in [-0.15, -0.1) is 0 Å². The summed E-state index contributed by atoms with van der Waals surface area (Å²) in [4.78, 5) is 0. The third kappa shape index (κ3) is 4.34. The highest BCUT2D eigenvalue weighted by Crippen LogP contribution is 2.28. The van der Waals surface area contributed by atoms with Crippen LogP contribution in [0.4, 0.5) is 0 Å². The molecule has 1 aromatic carbocycles. The van der Waals surface area contributed by atoms with Crippen LogP contribution >= 0.6 is 33.2 Å². The first-order valence-electron chi connectivity index (χ1n) is 5.25. The van der Waals surface area contributed by atoms with Crippen LogP contribution in [0.15, 0.2) is 41.8 Å². The second kappa shape index (κ2) is 5.80. The van der Waals surface area contributed by atoms with Crippen molar-refractivity contribution in [3.63, 3.8) is 0 Å². The molecule has 0 unspecified atom stereocenters. The molecule has 0 fully saturated rings. The minimum atomic E-state index is -3.10. The summed E-state index contributed by atoms with van der Waals surface area (Å²) in [6.45, 7) is 6.28. The summed E-state index contributed by atoms with van der Waals surface area (Å²) in [7, 11) is -1.90. The molecule has 0 aliphatic heterocycles. The lowest BCUT2D eigenvalue weighted by atomic mass is 10.4. The monoisotopic (exact) mass is 324 g/mol. The molecule has 94 valence electrons. The van der Waals surface area contributed by atoms with E-state index in [-0.39, 0.29) is 0 Å². The van der Waals surface area contributed by atoms with E-state index < -0.39 is 14.3 Å². The molecule has 17 heavy (non-hydrogen) atoms. The van der Waals surface area contributed by atoms with Gasteiger partial charge in [0.05, 0.1) is 5.38 Å². The number of rotatable bonds is 4. The van der Waals surface area contributed by atoms with E-state index in [0.29, 0.717) is 0 Å². The molecule has 0 aromatic heterocycles. The molecule has 0 aliphatic carbocycles. The van der Waals surface area contributed by atoms with Gasteiger partial charge in [-0.3, -0.25) is 0 Å². The maximum atomic E-state index is 5.83. The molecule has 0 bridgehead atoms. The first-order valence-corrected chi connectivity index (χ1v) is 13.2. The third-order valence-electron chi connectivity index (χ3n) is 2.60. The molecular weight excluding hydrogens is 311 g/mol. The molecule has 0 aliphatic rings. The fraction of sp³-hybridized carbons (Fsp3) is 0.273. The van der Waals surface area contributed by atoms with Crippen LogP contribution in [0.5, 0.6) is 0 Å². The van der Waals surface area contributed by atoms with E-state index in [2.05, 4.69) is 25.2 Å². The van der Waals surface area contributed by atoms with E-state index in [1.165, 1.54) is 5.19 Å². The van der Waals surface area contributed by atoms with Crippen molar-refractivity contribution in [2.45, 2.75) is 20.0 Å². The van der Waals surface area contributed by atoms with Crippen molar-refractivity contribution >= 4 is 52.7 Å². The van der Waals surface area contributed by atoms with Crippen molar-refractivity contribution in [3.05, 3.63) is 41.8 Å². The third-order valence-corrected chi connectivity index (χ3v) is 7.35. The van der Waals surface area contributed by atoms with Crippen molar-refractivity contribution in [1.29, 1.82) is 0 Å². The van der Waals surface area contributed by atoms with Gasteiger partial charge in [-0.25, -0.2) is 0 Å². The predicted octanol–water partition coefficient (Wildman–Crippen LogP) is 4.21. The minimum absolute atomic E-state index is 0.829. The van der Waals surface area contributed by atoms with Gasteiger partial charge >= 0.3 is 6.25 Å². The van der Waals surface area contributed by atoms with Crippen LogP contribution in [0, 0.1) is 0 Å². The van der Waals surface area contributed by atoms with E-state index in [9.17, 15) is 0 Å². The van der Waals surface area contributed by atoms with Gasteiger partial charge in [0.15, 0.2) is 8.07 Å².